The lowest BCUT2D eigenvalue weighted by Crippen LogP contribution is -2.06. The van der Waals surface area contributed by atoms with Gasteiger partial charge in [0.1, 0.15) is 5.75 Å². The number of nitrogens with zero attached hydrogens (tertiary/aromatic N) is 1. The molecule has 0 aromatic heterocycles. The van der Waals surface area contributed by atoms with E-state index in [0.717, 1.165) is 23.9 Å². The van der Waals surface area contributed by atoms with Gasteiger partial charge in [-0.05, 0) is 66.6 Å². The van der Waals surface area contributed by atoms with Crippen molar-refractivity contribution in [3.8, 4) is 17.2 Å². The van der Waals surface area contributed by atoms with Crippen molar-refractivity contribution in [3.05, 3.63) is 57.5 Å². The number of carbonyl (C=O) groups excluding carboxylic acids is 1. The number of aryl methyl sites for hydroxylation is 1. The van der Waals surface area contributed by atoms with Crippen molar-refractivity contribution in [1.82, 2.24) is 0 Å². The van der Waals surface area contributed by atoms with Gasteiger partial charge in [-0.25, -0.2) is 0 Å². The van der Waals surface area contributed by atoms with Crippen molar-refractivity contribution in [2.75, 3.05) is 19.8 Å². The van der Waals surface area contributed by atoms with E-state index in [9.17, 15) is 4.79 Å². The third-order valence-electron chi connectivity index (χ3n) is 4.40. The highest BCUT2D eigenvalue weighted by atomic mass is 35.5. The molecule has 1 amide bonds. The van der Waals surface area contributed by atoms with Crippen LogP contribution in [0.2, 0.25) is 5.02 Å². The van der Waals surface area contributed by atoms with Crippen LogP contribution in [0.5, 0.6) is 17.2 Å². The van der Waals surface area contributed by atoms with Crippen molar-refractivity contribution < 1.29 is 19.0 Å². The van der Waals surface area contributed by atoms with Gasteiger partial charge in [-0.1, -0.05) is 30.7 Å². The van der Waals surface area contributed by atoms with Crippen LogP contribution in [0.3, 0.4) is 0 Å². The summed E-state index contributed by atoms with van der Waals surface area (Å²) in [5.74, 6) is 1.47. The number of hydrogen-bond donors (Lipinski definition) is 1. The molecule has 2 aromatic carbocycles. The molecule has 6 nitrogen and oxygen atoms in total. The highest BCUT2D eigenvalue weighted by Gasteiger charge is 2.20. The molecule has 31 heavy (non-hydrogen) atoms. The first kappa shape index (κ1) is 23.0. The molecule has 0 atom stereocenters. The van der Waals surface area contributed by atoms with E-state index in [1.165, 1.54) is 5.56 Å². The number of aliphatic imine (C=N–C) groups is 1. The van der Waals surface area contributed by atoms with E-state index in [2.05, 4.69) is 24.0 Å². The first-order valence-corrected chi connectivity index (χ1v) is 11.3. The minimum absolute atomic E-state index is 0.232. The Bertz CT molecular complexity index is 990. The average Bonchev–Trinajstić information content (AvgIpc) is 3.06. The van der Waals surface area contributed by atoms with E-state index >= 15 is 0 Å². The molecule has 0 radical (unpaired) electrons. The largest absolute Gasteiger partial charge is 0.493 e. The van der Waals surface area contributed by atoms with Crippen molar-refractivity contribution in [2.24, 2.45) is 10.7 Å². The second-order valence-electron chi connectivity index (χ2n) is 6.68. The number of amidine groups is 1. The Kier molecular flexibility index (Phi) is 8.26. The van der Waals surface area contributed by atoms with E-state index in [4.69, 9.17) is 31.5 Å². The number of halogens is 1. The lowest BCUT2D eigenvalue weighted by Gasteiger charge is -2.15. The maximum Gasteiger partial charge on any atom is 0.286 e. The highest BCUT2D eigenvalue weighted by Crippen LogP contribution is 2.38. The van der Waals surface area contributed by atoms with Crippen LogP contribution in [0.15, 0.2) is 46.3 Å². The van der Waals surface area contributed by atoms with Crippen molar-refractivity contribution in [2.45, 2.75) is 26.7 Å². The normalized spacial score (nSPS) is 14.6. The van der Waals surface area contributed by atoms with Crippen LogP contribution in [0.1, 0.15) is 31.4 Å². The zero-order valence-corrected chi connectivity index (χ0v) is 19.1. The van der Waals surface area contributed by atoms with E-state index in [1.54, 1.807) is 18.2 Å². The number of nitrogens with two attached hydrogens (primary N) is 1. The van der Waals surface area contributed by atoms with Gasteiger partial charge in [0.25, 0.3) is 5.91 Å². The predicted molar refractivity (Wildman–Crippen MR) is 126 cm³/mol. The molecule has 164 valence electrons. The van der Waals surface area contributed by atoms with Gasteiger partial charge in [-0.15, -0.1) is 0 Å². The number of hydrogen-bond acceptors (Lipinski definition) is 6. The molecule has 2 aromatic rings. The molecule has 1 heterocycles. The zero-order chi connectivity index (χ0) is 22.2. The summed E-state index contributed by atoms with van der Waals surface area (Å²) in [6.45, 7) is 5.40. The summed E-state index contributed by atoms with van der Waals surface area (Å²) in [6, 6.07) is 11.6. The van der Waals surface area contributed by atoms with Crippen molar-refractivity contribution in [1.29, 1.82) is 0 Å². The number of benzene rings is 2. The fourth-order valence-electron chi connectivity index (χ4n) is 2.90. The van der Waals surface area contributed by atoms with Gasteiger partial charge in [-0.2, -0.15) is 4.99 Å². The smallest absolute Gasteiger partial charge is 0.286 e. The second kappa shape index (κ2) is 11.1. The first-order valence-electron chi connectivity index (χ1n) is 10.1. The van der Waals surface area contributed by atoms with Gasteiger partial charge in [0.15, 0.2) is 16.7 Å². The lowest BCUT2D eigenvalue weighted by atomic mass is 10.2. The number of carbonyl (C=O) groups is 1. The van der Waals surface area contributed by atoms with Gasteiger partial charge in [-0.3, -0.25) is 4.79 Å². The average molecular weight is 461 g/mol. The molecule has 3 rings (SSSR count). The summed E-state index contributed by atoms with van der Waals surface area (Å²) in [5.41, 5.74) is 7.59. The van der Waals surface area contributed by atoms with E-state index < -0.39 is 0 Å². The van der Waals surface area contributed by atoms with Gasteiger partial charge in [0, 0.05) is 6.42 Å². The Morgan fingerprint density at radius 2 is 1.84 bits per heavy atom. The van der Waals surface area contributed by atoms with Crippen LogP contribution in [-0.4, -0.2) is 30.9 Å². The summed E-state index contributed by atoms with van der Waals surface area (Å²) in [6.07, 6.45) is 3.38. The van der Waals surface area contributed by atoms with E-state index in [0.29, 0.717) is 53.2 Å². The molecular weight excluding hydrogens is 436 g/mol. The summed E-state index contributed by atoms with van der Waals surface area (Å²) >= 11 is 7.57. The Balaban J connectivity index is 1.59. The maximum absolute atomic E-state index is 11.8. The minimum Gasteiger partial charge on any atom is -0.493 e. The van der Waals surface area contributed by atoms with Gasteiger partial charge in [0.05, 0.1) is 29.7 Å². The zero-order valence-electron chi connectivity index (χ0n) is 17.5. The molecule has 8 heteroatoms. The van der Waals surface area contributed by atoms with Crippen molar-refractivity contribution >= 4 is 40.5 Å². The molecule has 0 aliphatic carbocycles. The maximum atomic E-state index is 11.8. The van der Waals surface area contributed by atoms with Crippen molar-refractivity contribution in [3.63, 3.8) is 0 Å². The fourth-order valence-corrected chi connectivity index (χ4v) is 3.85. The van der Waals surface area contributed by atoms with Crippen LogP contribution in [0, 0.1) is 0 Å². The summed E-state index contributed by atoms with van der Waals surface area (Å²) in [5, 5.41) is 0.633. The quantitative estimate of drug-likeness (QED) is 0.393. The Labute approximate surface area is 191 Å². The minimum atomic E-state index is -0.360. The molecule has 0 saturated heterocycles. The molecular formula is C23H25ClN2O4S. The van der Waals surface area contributed by atoms with Crippen LogP contribution in [0.25, 0.3) is 6.08 Å². The molecule has 0 saturated carbocycles. The molecule has 1 aliphatic rings. The summed E-state index contributed by atoms with van der Waals surface area (Å²) in [4.78, 5) is 16.0. The molecule has 0 fully saturated rings. The molecule has 1 aliphatic heterocycles. The molecule has 0 unspecified atom stereocenters. The SMILES string of the molecule is CCOc1cc(/C=C2\SC(N)=NC2=O)cc(Cl)c1OCCCOc1ccc(CC)cc1. The third-order valence-corrected chi connectivity index (χ3v) is 5.50. The Morgan fingerprint density at radius 1 is 1.10 bits per heavy atom. The topological polar surface area (TPSA) is 83.1 Å². The molecule has 2 N–H and O–H groups in total. The number of amides is 1. The van der Waals surface area contributed by atoms with E-state index in [1.807, 2.05) is 19.1 Å². The molecule has 0 bridgehead atoms. The van der Waals surface area contributed by atoms with E-state index in [-0.39, 0.29) is 11.1 Å². The number of rotatable bonds is 10. The number of ether oxygens (including phenoxy) is 3. The molecule has 0 spiro atoms. The monoisotopic (exact) mass is 460 g/mol. The number of thioether (sulfide) groups is 1. The van der Waals surface area contributed by atoms with Crippen LogP contribution in [-0.2, 0) is 11.2 Å². The lowest BCUT2D eigenvalue weighted by molar-refractivity contribution is -0.113. The second-order valence-corrected chi connectivity index (χ2v) is 8.15. The van der Waals surface area contributed by atoms with Crippen LogP contribution in [0.4, 0.5) is 0 Å². The van der Waals surface area contributed by atoms with Crippen LogP contribution < -0.4 is 19.9 Å². The van der Waals surface area contributed by atoms with Gasteiger partial charge in [0.2, 0.25) is 0 Å². The Hall–Kier alpha value is -2.64. The van der Waals surface area contributed by atoms with Gasteiger partial charge < -0.3 is 19.9 Å². The Morgan fingerprint density at radius 3 is 2.48 bits per heavy atom. The predicted octanol–water partition coefficient (Wildman–Crippen LogP) is 5.08. The van der Waals surface area contributed by atoms with Crippen LogP contribution >= 0.6 is 23.4 Å². The summed E-state index contributed by atoms with van der Waals surface area (Å²) in [7, 11) is 0. The van der Waals surface area contributed by atoms with Gasteiger partial charge >= 0.3 is 0 Å². The summed E-state index contributed by atoms with van der Waals surface area (Å²) < 4.78 is 17.3. The highest BCUT2D eigenvalue weighted by molar-refractivity contribution is 8.18. The standard InChI is InChI=1S/C23H25ClN2O4S/c1-3-15-6-8-17(9-7-15)29-10-5-11-30-21-18(24)12-16(13-19(21)28-4-2)14-20-22(27)26-23(25)31-20/h6-9,12-14H,3-5,10-11H2,1-2H3,(H2,25,26,27)/b20-14-. The third kappa shape index (κ3) is 6.42. The first-order chi connectivity index (χ1) is 15.0. The fraction of sp³-hybridized carbons (Fsp3) is 0.304.